The van der Waals surface area contributed by atoms with Gasteiger partial charge in [-0.25, -0.2) is 13.1 Å². The summed E-state index contributed by atoms with van der Waals surface area (Å²) in [5.74, 6) is 0. The highest BCUT2D eigenvalue weighted by Crippen LogP contribution is 2.33. The third kappa shape index (κ3) is 4.29. The Kier molecular flexibility index (Phi) is 5.50. The molecule has 31 heavy (non-hydrogen) atoms. The third-order valence-corrected chi connectivity index (χ3v) is 6.67. The Morgan fingerprint density at radius 1 is 0.839 bits per heavy atom. The predicted molar refractivity (Wildman–Crippen MR) is 127 cm³/mol. The lowest BCUT2D eigenvalue weighted by molar-refractivity contribution is 0.602. The largest absolute Gasteiger partial charge is 0.232 e. The first-order valence-corrected chi connectivity index (χ1v) is 12.1. The lowest BCUT2D eigenvalue weighted by Crippen LogP contribution is -2.02. The average Bonchev–Trinajstić information content (AvgIpc) is 3.12. The molecule has 0 atom stereocenters. The fraction of sp³-hybridized carbons (Fsp3) is 0.160. The van der Waals surface area contributed by atoms with Gasteiger partial charge >= 0.3 is 0 Å². The van der Waals surface area contributed by atoms with E-state index in [2.05, 4.69) is 39.0 Å². The summed E-state index contributed by atoms with van der Waals surface area (Å²) < 4.78 is 25.6. The van der Waals surface area contributed by atoms with E-state index >= 15 is 0 Å². The Morgan fingerprint density at radius 2 is 1.42 bits per heavy atom. The molecule has 4 nitrogen and oxygen atoms in total. The molecular formula is C25H23ClN2O2S. The highest BCUT2D eigenvalue weighted by atomic mass is 35.5. The Bertz CT molecular complexity index is 1350. The molecule has 0 aliphatic rings. The third-order valence-electron chi connectivity index (χ3n) is 5.29. The maximum absolute atomic E-state index is 11.9. The highest BCUT2D eigenvalue weighted by Gasteiger charge is 2.17. The van der Waals surface area contributed by atoms with Crippen molar-refractivity contribution in [3.05, 3.63) is 88.4 Å². The van der Waals surface area contributed by atoms with Gasteiger partial charge in [0.05, 0.1) is 22.0 Å². The standard InChI is InChI=1S/C25H23ClN2O2S/c1-16-13-17(2)25(18(3)14-16)23-15-24(19-5-7-20(26)8-6-19)28(27-23)21-9-11-22(12-10-21)31(4,29)30/h5-15H,1-4H3. The smallest absolute Gasteiger partial charge is 0.175 e. The number of aryl methyl sites for hydroxylation is 3. The van der Waals surface area contributed by atoms with Crippen LogP contribution in [-0.4, -0.2) is 24.5 Å². The number of hydrogen-bond donors (Lipinski definition) is 0. The molecule has 0 bridgehead atoms. The van der Waals surface area contributed by atoms with Crippen molar-refractivity contribution in [1.29, 1.82) is 0 Å². The van der Waals surface area contributed by atoms with E-state index in [1.807, 2.05) is 28.9 Å². The summed E-state index contributed by atoms with van der Waals surface area (Å²) in [4.78, 5) is 0.280. The molecule has 1 heterocycles. The number of aromatic nitrogens is 2. The van der Waals surface area contributed by atoms with Crippen molar-refractivity contribution < 1.29 is 8.42 Å². The molecule has 158 valence electrons. The Hall–Kier alpha value is -2.89. The van der Waals surface area contributed by atoms with Gasteiger partial charge in [-0.2, -0.15) is 5.10 Å². The summed E-state index contributed by atoms with van der Waals surface area (Å²) >= 11 is 6.09. The van der Waals surface area contributed by atoms with Crippen molar-refractivity contribution in [2.45, 2.75) is 25.7 Å². The normalized spacial score (nSPS) is 11.6. The minimum absolute atomic E-state index is 0.280. The maximum atomic E-state index is 11.9. The predicted octanol–water partition coefficient (Wildman–Crippen LogP) is 6.19. The SMILES string of the molecule is Cc1cc(C)c(-c2cc(-c3ccc(Cl)cc3)n(-c3ccc(S(C)(=O)=O)cc3)n2)c(C)c1. The van der Waals surface area contributed by atoms with Crippen LogP contribution < -0.4 is 0 Å². The highest BCUT2D eigenvalue weighted by molar-refractivity contribution is 7.90. The van der Waals surface area contributed by atoms with Crippen molar-refractivity contribution in [2.24, 2.45) is 0 Å². The number of rotatable bonds is 4. The zero-order chi connectivity index (χ0) is 22.3. The molecule has 0 saturated heterocycles. The quantitative estimate of drug-likeness (QED) is 0.372. The van der Waals surface area contributed by atoms with Crippen LogP contribution in [0.15, 0.2) is 71.6 Å². The van der Waals surface area contributed by atoms with Gasteiger partial charge in [0.2, 0.25) is 0 Å². The van der Waals surface area contributed by atoms with Gasteiger partial charge < -0.3 is 0 Å². The van der Waals surface area contributed by atoms with Crippen molar-refractivity contribution in [1.82, 2.24) is 9.78 Å². The lowest BCUT2D eigenvalue weighted by Gasteiger charge is -2.09. The summed E-state index contributed by atoms with van der Waals surface area (Å²) in [5, 5.41) is 5.59. The maximum Gasteiger partial charge on any atom is 0.175 e. The molecule has 6 heteroatoms. The topological polar surface area (TPSA) is 52.0 Å². The molecule has 0 radical (unpaired) electrons. The Labute approximate surface area is 188 Å². The van der Waals surface area contributed by atoms with Gasteiger partial charge in [0.1, 0.15) is 0 Å². The average molecular weight is 451 g/mol. The van der Waals surface area contributed by atoms with Crippen molar-refractivity contribution in [2.75, 3.05) is 6.26 Å². The van der Waals surface area contributed by atoms with Crippen LogP contribution in [0.3, 0.4) is 0 Å². The minimum atomic E-state index is -3.27. The van der Waals surface area contributed by atoms with Crippen LogP contribution >= 0.6 is 11.6 Å². The summed E-state index contributed by atoms with van der Waals surface area (Å²) in [6, 6.07) is 20.8. The van der Waals surface area contributed by atoms with Crippen LogP contribution in [0.25, 0.3) is 28.2 Å². The van der Waals surface area contributed by atoms with Gasteiger partial charge in [-0.1, -0.05) is 41.4 Å². The van der Waals surface area contributed by atoms with Crippen LogP contribution in [-0.2, 0) is 9.84 Å². The summed E-state index contributed by atoms with van der Waals surface area (Å²) in [5.41, 5.74) is 8.17. The molecule has 0 saturated carbocycles. The van der Waals surface area contributed by atoms with Crippen LogP contribution in [0.1, 0.15) is 16.7 Å². The lowest BCUT2D eigenvalue weighted by atomic mass is 9.97. The van der Waals surface area contributed by atoms with E-state index in [1.165, 1.54) is 11.8 Å². The van der Waals surface area contributed by atoms with Crippen molar-refractivity contribution >= 4 is 21.4 Å². The van der Waals surface area contributed by atoms with Gasteiger partial charge in [-0.05, 0) is 74.4 Å². The first-order valence-electron chi connectivity index (χ1n) is 9.88. The molecule has 1 aromatic heterocycles. The molecule has 0 aliphatic heterocycles. The number of sulfone groups is 1. The zero-order valence-corrected chi connectivity index (χ0v) is 19.4. The number of halogens is 1. The van der Waals surface area contributed by atoms with Gasteiger partial charge in [-0.15, -0.1) is 0 Å². The summed E-state index contributed by atoms with van der Waals surface area (Å²) in [7, 11) is -3.27. The number of benzene rings is 3. The van der Waals surface area contributed by atoms with E-state index in [0.717, 1.165) is 39.3 Å². The van der Waals surface area contributed by atoms with Crippen LogP contribution in [0.2, 0.25) is 5.02 Å². The molecule has 4 rings (SSSR count). The first-order chi connectivity index (χ1) is 14.6. The zero-order valence-electron chi connectivity index (χ0n) is 17.8. The second-order valence-corrected chi connectivity index (χ2v) is 10.3. The van der Waals surface area contributed by atoms with Crippen molar-refractivity contribution in [3.8, 4) is 28.2 Å². The van der Waals surface area contributed by atoms with E-state index in [0.29, 0.717) is 5.02 Å². The second kappa shape index (κ2) is 7.98. The molecule has 0 unspecified atom stereocenters. The number of nitrogens with zero attached hydrogens (tertiary/aromatic N) is 2. The first kappa shape index (κ1) is 21.3. The monoisotopic (exact) mass is 450 g/mol. The fourth-order valence-electron chi connectivity index (χ4n) is 3.94. The van der Waals surface area contributed by atoms with E-state index in [4.69, 9.17) is 16.7 Å². The minimum Gasteiger partial charge on any atom is -0.232 e. The second-order valence-electron chi connectivity index (χ2n) is 7.87. The van der Waals surface area contributed by atoms with Crippen molar-refractivity contribution in [3.63, 3.8) is 0 Å². The molecule has 3 aromatic carbocycles. The molecule has 0 fully saturated rings. The van der Waals surface area contributed by atoms with Crippen LogP contribution in [0.5, 0.6) is 0 Å². The summed E-state index contributed by atoms with van der Waals surface area (Å²) in [6.07, 6.45) is 1.20. The van der Waals surface area contributed by atoms with E-state index in [-0.39, 0.29) is 4.90 Å². The van der Waals surface area contributed by atoms with Gasteiger partial charge in [0.15, 0.2) is 9.84 Å². The molecule has 0 spiro atoms. The summed E-state index contributed by atoms with van der Waals surface area (Å²) in [6.45, 7) is 6.28. The van der Waals surface area contributed by atoms with Gasteiger partial charge in [0, 0.05) is 22.4 Å². The van der Waals surface area contributed by atoms with E-state index in [1.54, 1.807) is 24.3 Å². The molecule has 0 amide bonds. The van der Waals surface area contributed by atoms with Gasteiger partial charge in [0.25, 0.3) is 0 Å². The fourth-order valence-corrected chi connectivity index (χ4v) is 4.70. The van der Waals surface area contributed by atoms with Crippen LogP contribution in [0.4, 0.5) is 0 Å². The van der Waals surface area contributed by atoms with E-state index in [9.17, 15) is 8.42 Å². The van der Waals surface area contributed by atoms with E-state index < -0.39 is 9.84 Å². The number of hydrogen-bond acceptors (Lipinski definition) is 3. The molecule has 0 N–H and O–H groups in total. The molecule has 4 aromatic rings. The molecule has 0 aliphatic carbocycles. The Morgan fingerprint density at radius 3 is 1.97 bits per heavy atom. The van der Waals surface area contributed by atoms with Gasteiger partial charge in [-0.3, -0.25) is 0 Å². The van der Waals surface area contributed by atoms with Crippen LogP contribution in [0, 0.1) is 20.8 Å². The molecular weight excluding hydrogens is 428 g/mol. The Balaban J connectivity index is 1.93.